The molecule has 0 aromatic carbocycles. The summed E-state index contributed by atoms with van der Waals surface area (Å²) in [6.45, 7) is 0. The predicted molar refractivity (Wildman–Crippen MR) is 59.3 cm³/mol. The summed E-state index contributed by atoms with van der Waals surface area (Å²) in [4.78, 5) is 12.5. The highest BCUT2D eigenvalue weighted by Gasteiger charge is 2.01. The number of nitrogens with zero attached hydrogens (tertiary/aromatic N) is 3. The Morgan fingerprint density at radius 2 is 1.73 bits per heavy atom. The van der Waals surface area contributed by atoms with Crippen LogP contribution in [0.4, 0.5) is 5.82 Å². The van der Waals surface area contributed by atoms with Crippen LogP contribution in [0.25, 0.3) is 21.8 Å². The van der Waals surface area contributed by atoms with Crippen LogP contribution in [-0.4, -0.2) is 15.0 Å². The summed E-state index contributed by atoms with van der Waals surface area (Å²) in [5.74, 6) is 0.499. The highest BCUT2D eigenvalue weighted by Crippen LogP contribution is 2.21. The SMILES string of the molecule is Nc1ccc2c(cn1)cnc1nccc12. The molecule has 4 heteroatoms. The van der Waals surface area contributed by atoms with Crippen molar-refractivity contribution in [1.29, 1.82) is 0 Å². The van der Waals surface area contributed by atoms with Gasteiger partial charge in [-0.25, -0.2) is 15.0 Å². The van der Waals surface area contributed by atoms with Crippen molar-refractivity contribution < 1.29 is 0 Å². The van der Waals surface area contributed by atoms with E-state index in [1.54, 1.807) is 24.7 Å². The lowest BCUT2D eigenvalue weighted by atomic mass is 10.2. The minimum Gasteiger partial charge on any atom is -0.384 e. The number of hydrogen-bond acceptors (Lipinski definition) is 4. The van der Waals surface area contributed by atoms with Crippen molar-refractivity contribution in [2.45, 2.75) is 0 Å². The van der Waals surface area contributed by atoms with Gasteiger partial charge in [-0.05, 0) is 23.6 Å². The number of nitrogens with two attached hydrogens (primary N) is 1. The van der Waals surface area contributed by atoms with Crippen LogP contribution in [-0.2, 0) is 0 Å². The Labute approximate surface area is 85.8 Å². The number of hydrogen-bond donors (Lipinski definition) is 1. The third-order valence-electron chi connectivity index (χ3n) is 2.38. The Bertz CT molecular complexity index is 648. The van der Waals surface area contributed by atoms with Gasteiger partial charge in [0.15, 0.2) is 5.65 Å². The van der Waals surface area contributed by atoms with E-state index in [0.29, 0.717) is 5.82 Å². The van der Waals surface area contributed by atoms with Crippen LogP contribution in [0.2, 0.25) is 0 Å². The standard InChI is InChI=1S/C11H8N4/c12-10-2-1-8-7(5-14-10)6-15-11-9(8)3-4-13-11/h1-6H,(H2,12,14). The topological polar surface area (TPSA) is 64.7 Å². The second-order valence-electron chi connectivity index (χ2n) is 3.33. The second kappa shape index (κ2) is 2.88. The zero-order valence-corrected chi connectivity index (χ0v) is 7.88. The monoisotopic (exact) mass is 196 g/mol. The van der Waals surface area contributed by atoms with E-state index in [2.05, 4.69) is 15.0 Å². The van der Waals surface area contributed by atoms with Gasteiger partial charge in [-0.2, -0.15) is 0 Å². The molecule has 0 amide bonds. The van der Waals surface area contributed by atoms with Gasteiger partial charge in [-0.1, -0.05) is 0 Å². The van der Waals surface area contributed by atoms with E-state index in [1.807, 2.05) is 12.1 Å². The lowest BCUT2D eigenvalue weighted by molar-refractivity contribution is 1.33. The Hall–Kier alpha value is -2.23. The Balaban J connectivity index is 2.58. The van der Waals surface area contributed by atoms with Gasteiger partial charge in [0.2, 0.25) is 0 Å². The molecule has 0 aliphatic carbocycles. The molecule has 0 saturated carbocycles. The molecule has 3 aromatic rings. The molecule has 72 valence electrons. The van der Waals surface area contributed by atoms with Crippen molar-refractivity contribution in [3.8, 4) is 0 Å². The van der Waals surface area contributed by atoms with E-state index in [9.17, 15) is 0 Å². The molecule has 2 N–H and O–H groups in total. The van der Waals surface area contributed by atoms with Crippen molar-refractivity contribution >= 4 is 27.6 Å². The lowest BCUT2D eigenvalue weighted by Gasteiger charge is -1.92. The van der Waals surface area contributed by atoms with Crippen LogP contribution >= 0.6 is 0 Å². The van der Waals surface area contributed by atoms with Crippen molar-refractivity contribution in [2.24, 2.45) is 0 Å². The van der Waals surface area contributed by atoms with Crippen molar-refractivity contribution in [1.82, 2.24) is 15.0 Å². The van der Waals surface area contributed by atoms with E-state index in [0.717, 1.165) is 21.8 Å². The summed E-state index contributed by atoms with van der Waals surface area (Å²) in [5.41, 5.74) is 6.39. The molecule has 15 heavy (non-hydrogen) atoms. The second-order valence-corrected chi connectivity index (χ2v) is 3.33. The normalized spacial score (nSPS) is 10.9. The maximum Gasteiger partial charge on any atom is 0.159 e. The number of nitrogen functional groups attached to an aromatic ring is 1. The zero-order chi connectivity index (χ0) is 10.3. The van der Waals surface area contributed by atoms with Crippen LogP contribution in [0, 0.1) is 0 Å². The number of rotatable bonds is 0. The Morgan fingerprint density at radius 3 is 2.67 bits per heavy atom. The molecule has 4 nitrogen and oxygen atoms in total. The fourth-order valence-corrected chi connectivity index (χ4v) is 1.64. The largest absolute Gasteiger partial charge is 0.384 e. The molecule has 0 spiro atoms. The molecule has 3 aromatic heterocycles. The molecule has 0 aliphatic rings. The molecule has 0 radical (unpaired) electrons. The van der Waals surface area contributed by atoms with E-state index in [4.69, 9.17) is 5.73 Å². The molecule has 0 unspecified atom stereocenters. The first-order chi connectivity index (χ1) is 7.34. The number of aromatic nitrogens is 3. The van der Waals surface area contributed by atoms with Gasteiger partial charge in [0.25, 0.3) is 0 Å². The van der Waals surface area contributed by atoms with Gasteiger partial charge in [-0.15, -0.1) is 0 Å². The van der Waals surface area contributed by atoms with Crippen LogP contribution in [0.3, 0.4) is 0 Å². The summed E-state index contributed by atoms with van der Waals surface area (Å²) in [6, 6.07) is 5.68. The maximum atomic E-state index is 5.63. The average molecular weight is 196 g/mol. The van der Waals surface area contributed by atoms with Crippen molar-refractivity contribution in [3.05, 3.63) is 36.8 Å². The summed E-state index contributed by atoms with van der Waals surface area (Å²) in [5, 5.41) is 3.07. The van der Waals surface area contributed by atoms with Crippen molar-refractivity contribution in [3.63, 3.8) is 0 Å². The van der Waals surface area contributed by atoms with E-state index < -0.39 is 0 Å². The Kier molecular flexibility index (Phi) is 1.56. The quantitative estimate of drug-likeness (QED) is 0.595. The zero-order valence-electron chi connectivity index (χ0n) is 7.88. The minimum atomic E-state index is 0.499. The third-order valence-corrected chi connectivity index (χ3v) is 2.38. The fraction of sp³-hybridized carbons (Fsp3) is 0. The summed E-state index contributed by atoms with van der Waals surface area (Å²) < 4.78 is 0. The first-order valence-corrected chi connectivity index (χ1v) is 4.59. The minimum absolute atomic E-state index is 0.499. The molecule has 0 fully saturated rings. The van der Waals surface area contributed by atoms with Crippen LogP contribution < -0.4 is 5.73 Å². The molecule has 0 saturated heterocycles. The van der Waals surface area contributed by atoms with Crippen LogP contribution in [0.5, 0.6) is 0 Å². The number of pyridine rings is 1. The summed E-state index contributed by atoms with van der Waals surface area (Å²) >= 11 is 0. The van der Waals surface area contributed by atoms with Crippen LogP contribution in [0.1, 0.15) is 0 Å². The molecule has 0 atom stereocenters. The van der Waals surface area contributed by atoms with Gasteiger partial charge in [0, 0.05) is 29.4 Å². The highest BCUT2D eigenvalue weighted by molar-refractivity contribution is 6.03. The molecular weight excluding hydrogens is 188 g/mol. The fourth-order valence-electron chi connectivity index (χ4n) is 1.64. The maximum absolute atomic E-state index is 5.63. The van der Waals surface area contributed by atoms with Crippen LogP contribution in [0.15, 0.2) is 36.8 Å². The van der Waals surface area contributed by atoms with E-state index in [-0.39, 0.29) is 0 Å². The first kappa shape index (κ1) is 8.11. The average Bonchev–Trinajstić information content (AvgIpc) is 2.64. The number of fused-ring (bicyclic) bond motifs is 3. The van der Waals surface area contributed by atoms with Gasteiger partial charge in [-0.3, -0.25) is 0 Å². The van der Waals surface area contributed by atoms with Gasteiger partial charge in [0.05, 0.1) is 0 Å². The smallest absolute Gasteiger partial charge is 0.159 e. The Morgan fingerprint density at radius 1 is 0.867 bits per heavy atom. The highest BCUT2D eigenvalue weighted by atomic mass is 14.8. The van der Waals surface area contributed by atoms with E-state index >= 15 is 0 Å². The van der Waals surface area contributed by atoms with Gasteiger partial charge < -0.3 is 5.73 Å². The van der Waals surface area contributed by atoms with Gasteiger partial charge in [0.1, 0.15) is 5.82 Å². The third kappa shape index (κ3) is 1.19. The van der Waals surface area contributed by atoms with E-state index in [1.165, 1.54) is 0 Å². The predicted octanol–water partition coefficient (Wildman–Crippen LogP) is 1.76. The molecule has 0 aliphatic heterocycles. The summed E-state index contributed by atoms with van der Waals surface area (Å²) in [6.07, 6.45) is 5.24. The number of anilines is 1. The molecular formula is C11H8N4. The van der Waals surface area contributed by atoms with Gasteiger partial charge >= 0.3 is 0 Å². The van der Waals surface area contributed by atoms with Crippen molar-refractivity contribution in [2.75, 3.05) is 5.73 Å². The molecule has 0 bridgehead atoms. The molecule has 3 rings (SSSR count). The summed E-state index contributed by atoms with van der Waals surface area (Å²) in [7, 11) is 0. The molecule has 3 heterocycles. The lowest BCUT2D eigenvalue weighted by Crippen LogP contribution is -1.82. The first-order valence-electron chi connectivity index (χ1n) is 4.59.